The van der Waals surface area contributed by atoms with E-state index in [2.05, 4.69) is 39.7 Å². The predicted molar refractivity (Wildman–Crippen MR) is 85.3 cm³/mol. The fraction of sp³-hybridized carbons (Fsp3) is 0.333. The topological polar surface area (TPSA) is 35.0 Å². The molecule has 3 nitrogen and oxygen atoms in total. The fourth-order valence-electron chi connectivity index (χ4n) is 1.91. The van der Waals surface area contributed by atoms with Crippen molar-refractivity contribution in [2.75, 3.05) is 7.11 Å². The summed E-state index contributed by atoms with van der Waals surface area (Å²) in [6, 6.07) is 7.52. The van der Waals surface area contributed by atoms with Gasteiger partial charge in [0, 0.05) is 15.7 Å². The summed E-state index contributed by atoms with van der Waals surface area (Å²) >= 11 is 9.63. The van der Waals surface area contributed by atoms with Crippen LogP contribution < -0.4 is 4.74 Å². The van der Waals surface area contributed by atoms with Crippen molar-refractivity contribution in [3.63, 3.8) is 0 Å². The van der Waals surface area contributed by atoms with Crippen LogP contribution in [0.4, 0.5) is 0 Å². The third kappa shape index (κ3) is 3.70. The van der Waals surface area contributed by atoms with Gasteiger partial charge in [-0.15, -0.1) is 0 Å². The van der Waals surface area contributed by atoms with E-state index in [-0.39, 0.29) is 0 Å². The van der Waals surface area contributed by atoms with E-state index in [1.165, 1.54) is 0 Å². The highest BCUT2D eigenvalue weighted by atomic mass is 79.9. The molecule has 106 valence electrons. The molecule has 1 heterocycles. The van der Waals surface area contributed by atoms with Crippen molar-refractivity contribution < 1.29 is 4.74 Å². The minimum Gasteiger partial charge on any atom is -0.497 e. The maximum Gasteiger partial charge on any atom is 0.162 e. The Morgan fingerprint density at radius 1 is 1.25 bits per heavy atom. The van der Waals surface area contributed by atoms with Gasteiger partial charge in [0.25, 0.3) is 0 Å². The molecule has 1 aromatic heterocycles. The highest BCUT2D eigenvalue weighted by Crippen LogP contribution is 2.30. The third-order valence-corrected chi connectivity index (χ3v) is 3.66. The lowest BCUT2D eigenvalue weighted by molar-refractivity contribution is 0.415. The zero-order chi connectivity index (χ0) is 14.7. The van der Waals surface area contributed by atoms with Gasteiger partial charge in [-0.05, 0) is 36.6 Å². The van der Waals surface area contributed by atoms with Crippen LogP contribution >= 0.6 is 27.5 Å². The highest BCUT2D eigenvalue weighted by Gasteiger charge is 2.11. The molecule has 0 aliphatic rings. The average Bonchev–Trinajstić information content (AvgIpc) is 2.37. The molecule has 0 saturated carbocycles. The van der Waals surface area contributed by atoms with Gasteiger partial charge in [0.2, 0.25) is 0 Å². The summed E-state index contributed by atoms with van der Waals surface area (Å²) in [5.41, 5.74) is 1.82. The van der Waals surface area contributed by atoms with Gasteiger partial charge in [0.15, 0.2) is 5.82 Å². The van der Waals surface area contributed by atoms with Crippen LogP contribution in [0.1, 0.15) is 19.5 Å². The number of hydrogen-bond donors (Lipinski definition) is 0. The molecule has 2 rings (SSSR count). The number of aromatic nitrogens is 2. The van der Waals surface area contributed by atoms with Gasteiger partial charge in [-0.2, -0.15) is 0 Å². The van der Waals surface area contributed by atoms with Gasteiger partial charge in [0.1, 0.15) is 10.9 Å². The average molecular weight is 356 g/mol. The second kappa shape index (κ2) is 6.55. The van der Waals surface area contributed by atoms with Crippen molar-refractivity contribution >= 4 is 27.5 Å². The summed E-state index contributed by atoms with van der Waals surface area (Å²) in [5.74, 6) is 1.89. The maximum atomic E-state index is 6.11. The Hall–Kier alpha value is -1.13. The molecule has 0 spiro atoms. The van der Waals surface area contributed by atoms with E-state index >= 15 is 0 Å². The fourth-order valence-corrected chi connectivity index (χ4v) is 2.54. The van der Waals surface area contributed by atoms with Crippen LogP contribution in [0.5, 0.6) is 5.75 Å². The predicted octanol–water partition coefficient (Wildman–Crippen LogP) is 4.77. The molecule has 0 amide bonds. The monoisotopic (exact) mass is 354 g/mol. The largest absolute Gasteiger partial charge is 0.497 e. The lowest BCUT2D eigenvalue weighted by atomic mass is 10.1. The van der Waals surface area contributed by atoms with Crippen molar-refractivity contribution in [2.24, 2.45) is 5.92 Å². The van der Waals surface area contributed by atoms with Crippen molar-refractivity contribution in [3.05, 3.63) is 39.6 Å². The second-order valence-corrected chi connectivity index (χ2v) is 6.19. The molecular formula is C15H16BrClN2O. The first-order valence-electron chi connectivity index (χ1n) is 6.37. The van der Waals surface area contributed by atoms with Crippen molar-refractivity contribution in [1.82, 2.24) is 9.97 Å². The number of nitrogens with zero attached hydrogens (tertiary/aromatic N) is 2. The number of ether oxygens (including phenoxy) is 1. The molecule has 0 unspecified atom stereocenters. The summed E-state index contributed by atoms with van der Waals surface area (Å²) in [7, 11) is 1.63. The van der Waals surface area contributed by atoms with Crippen LogP contribution in [0, 0.1) is 5.92 Å². The lowest BCUT2D eigenvalue weighted by Crippen LogP contribution is -2.01. The summed E-state index contributed by atoms with van der Waals surface area (Å²) in [4.78, 5) is 8.92. The number of halogens is 2. The Morgan fingerprint density at radius 3 is 2.65 bits per heavy atom. The molecule has 20 heavy (non-hydrogen) atoms. The summed E-state index contributed by atoms with van der Waals surface area (Å²) in [5, 5.41) is 0.459. The first-order chi connectivity index (χ1) is 9.49. The van der Waals surface area contributed by atoms with Gasteiger partial charge in [0.05, 0.1) is 7.11 Å². The second-order valence-electron chi connectivity index (χ2n) is 4.95. The normalized spacial score (nSPS) is 10.9. The molecule has 0 atom stereocenters. The van der Waals surface area contributed by atoms with Crippen molar-refractivity contribution in [3.8, 4) is 17.1 Å². The molecule has 0 N–H and O–H groups in total. The number of hydrogen-bond acceptors (Lipinski definition) is 3. The van der Waals surface area contributed by atoms with Gasteiger partial charge in [-0.3, -0.25) is 0 Å². The van der Waals surface area contributed by atoms with Crippen LogP contribution in [0.3, 0.4) is 0 Å². The van der Waals surface area contributed by atoms with Crippen LogP contribution in [0.2, 0.25) is 5.15 Å². The molecule has 2 aromatic rings. The van der Waals surface area contributed by atoms with Crippen molar-refractivity contribution in [1.29, 1.82) is 0 Å². The van der Waals surface area contributed by atoms with E-state index in [1.54, 1.807) is 7.11 Å². The highest BCUT2D eigenvalue weighted by molar-refractivity contribution is 9.10. The lowest BCUT2D eigenvalue weighted by Gasteiger charge is -2.09. The Balaban J connectivity index is 2.49. The summed E-state index contributed by atoms with van der Waals surface area (Å²) in [6.45, 7) is 4.30. The van der Waals surface area contributed by atoms with Crippen molar-refractivity contribution in [2.45, 2.75) is 20.3 Å². The zero-order valence-electron chi connectivity index (χ0n) is 11.7. The van der Waals surface area contributed by atoms with Gasteiger partial charge < -0.3 is 4.74 Å². The Labute approximate surface area is 132 Å². The SMILES string of the molecule is COc1ccc(Br)c(-c2nc(Cl)cc(CC(C)C)n2)c1. The molecule has 0 aliphatic carbocycles. The molecule has 0 aliphatic heterocycles. The molecule has 0 radical (unpaired) electrons. The minimum atomic E-state index is 0.459. The van der Waals surface area contributed by atoms with Crippen LogP contribution in [-0.4, -0.2) is 17.1 Å². The minimum absolute atomic E-state index is 0.459. The van der Waals surface area contributed by atoms with E-state index in [4.69, 9.17) is 16.3 Å². The molecule has 0 bridgehead atoms. The zero-order valence-corrected chi connectivity index (χ0v) is 14.0. The molecule has 5 heteroatoms. The molecule has 0 fully saturated rings. The van der Waals surface area contributed by atoms with Gasteiger partial charge in [-0.1, -0.05) is 41.4 Å². The summed E-state index contributed by atoms with van der Waals surface area (Å²) < 4.78 is 6.16. The quantitative estimate of drug-likeness (QED) is 0.741. The standard InChI is InChI=1S/C15H16BrClN2O/c1-9(2)6-10-7-14(17)19-15(18-10)12-8-11(20-3)4-5-13(12)16/h4-5,7-9H,6H2,1-3H3. The summed E-state index contributed by atoms with van der Waals surface area (Å²) in [6.07, 6.45) is 0.872. The first-order valence-corrected chi connectivity index (χ1v) is 7.54. The Bertz CT molecular complexity index is 617. The van der Waals surface area contributed by atoms with E-state index in [9.17, 15) is 0 Å². The Kier molecular flexibility index (Phi) is 5.00. The Morgan fingerprint density at radius 2 is 2.00 bits per heavy atom. The van der Waals surface area contributed by atoms with Crippen LogP contribution in [0.25, 0.3) is 11.4 Å². The van der Waals surface area contributed by atoms with Gasteiger partial charge >= 0.3 is 0 Å². The van der Waals surface area contributed by atoms with E-state index in [0.29, 0.717) is 16.9 Å². The van der Waals surface area contributed by atoms with Crippen LogP contribution in [0.15, 0.2) is 28.7 Å². The molecule has 1 aromatic carbocycles. The van der Waals surface area contributed by atoms with Crippen LogP contribution in [-0.2, 0) is 6.42 Å². The number of methoxy groups -OCH3 is 1. The molecular weight excluding hydrogens is 340 g/mol. The number of benzene rings is 1. The first kappa shape index (κ1) is 15.3. The number of rotatable bonds is 4. The van der Waals surface area contributed by atoms with E-state index in [0.717, 1.165) is 27.9 Å². The maximum absolute atomic E-state index is 6.11. The van der Waals surface area contributed by atoms with E-state index < -0.39 is 0 Å². The third-order valence-electron chi connectivity index (χ3n) is 2.78. The van der Waals surface area contributed by atoms with Gasteiger partial charge in [-0.25, -0.2) is 9.97 Å². The molecule has 0 saturated heterocycles. The van der Waals surface area contributed by atoms with E-state index in [1.807, 2.05) is 24.3 Å². The smallest absolute Gasteiger partial charge is 0.162 e.